The number of urea groups is 1. The topological polar surface area (TPSA) is 78.5 Å². The predicted octanol–water partition coefficient (Wildman–Crippen LogP) is 1.54. The second kappa shape index (κ2) is 6.40. The van der Waals surface area contributed by atoms with Gasteiger partial charge in [-0.25, -0.2) is 4.79 Å². The quantitative estimate of drug-likeness (QED) is 0.827. The van der Waals surface area contributed by atoms with Gasteiger partial charge in [-0.05, 0) is 16.5 Å². The fraction of sp³-hybridized carbons (Fsp3) is 0.471. The van der Waals surface area contributed by atoms with Gasteiger partial charge in [-0.1, -0.05) is 45.0 Å². The van der Waals surface area contributed by atoms with Crippen LogP contribution < -0.4 is 10.6 Å². The lowest BCUT2D eigenvalue weighted by molar-refractivity contribution is -0.133. The zero-order chi connectivity index (χ0) is 17.2. The van der Waals surface area contributed by atoms with Crippen LogP contribution in [-0.4, -0.2) is 35.8 Å². The molecule has 1 aliphatic rings. The molecule has 2 N–H and O–H groups in total. The molecule has 0 unspecified atom stereocenters. The van der Waals surface area contributed by atoms with Crippen molar-refractivity contribution in [2.24, 2.45) is 0 Å². The molecule has 2 rings (SSSR count). The molecule has 1 atom stereocenters. The van der Waals surface area contributed by atoms with E-state index in [1.54, 1.807) is 11.9 Å². The summed E-state index contributed by atoms with van der Waals surface area (Å²) in [7, 11) is 1.69. The molecule has 1 fully saturated rings. The van der Waals surface area contributed by atoms with Crippen molar-refractivity contribution in [1.82, 2.24) is 15.5 Å². The van der Waals surface area contributed by atoms with Gasteiger partial charge in [-0.15, -0.1) is 0 Å². The Labute approximate surface area is 136 Å². The van der Waals surface area contributed by atoms with Crippen molar-refractivity contribution >= 4 is 17.8 Å². The molecular weight excluding hydrogens is 294 g/mol. The number of imide groups is 1. The van der Waals surface area contributed by atoms with Crippen molar-refractivity contribution in [2.45, 2.75) is 45.2 Å². The molecule has 0 bridgehead atoms. The van der Waals surface area contributed by atoms with E-state index in [1.807, 2.05) is 12.1 Å². The summed E-state index contributed by atoms with van der Waals surface area (Å²) < 4.78 is 0. The molecule has 0 radical (unpaired) electrons. The van der Waals surface area contributed by atoms with Crippen molar-refractivity contribution in [3.8, 4) is 0 Å². The van der Waals surface area contributed by atoms with Crippen molar-refractivity contribution in [3.63, 3.8) is 0 Å². The number of carbonyl (C=O) groups excluding carboxylic acids is 3. The summed E-state index contributed by atoms with van der Waals surface area (Å²) in [6.07, 6.45) is -0.0336. The van der Waals surface area contributed by atoms with Gasteiger partial charge in [0, 0.05) is 13.6 Å². The molecule has 4 amide bonds. The van der Waals surface area contributed by atoms with Crippen LogP contribution in [0.5, 0.6) is 0 Å². The summed E-state index contributed by atoms with van der Waals surface area (Å²) in [4.78, 5) is 36.3. The fourth-order valence-electron chi connectivity index (χ4n) is 2.41. The summed E-state index contributed by atoms with van der Waals surface area (Å²) in [5, 5.41) is 4.55. The number of carbonyl (C=O) groups is 3. The Balaban J connectivity index is 1.93. The zero-order valence-corrected chi connectivity index (χ0v) is 14.0. The van der Waals surface area contributed by atoms with Crippen LogP contribution in [0.2, 0.25) is 0 Å². The first-order valence-corrected chi connectivity index (χ1v) is 7.61. The van der Waals surface area contributed by atoms with E-state index in [-0.39, 0.29) is 17.7 Å². The smallest absolute Gasteiger partial charge is 0.322 e. The first kappa shape index (κ1) is 17.0. The molecular formula is C17H23N3O3. The summed E-state index contributed by atoms with van der Waals surface area (Å²) in [6, 6.07) is 6.83. The Kier molecular flexibility index (Phi) is 4.73. The average molecular weight is 317 g/mol. The van der Waals surface area contributed by atoms with Crippen LogP contribution >= 0.6 is 0 Å². The first-order valence-electron chi connectivity index (χ1n) is 7.61. The zero-order valence-electron chi connectivity index (χ0n) is 14.0. The molecule has 0 spiro atoms. The minimum atomic E-state index is -0.777. The van der Waals surface area contributed by atoms with Crippen LogP contribution in [0.4, 0.5) is 4.79 Å². The average Bonchev–Trinajstić information content (AvgIpc) is 2.76. The second-order valence-corrected chi connectivity index (χ2v) is 6.92. The molecule has 1 heterocycles. The molecule has 6 nitrogen and oxygen atoms in total. The van der Waals surface area contributed by atoms with Gasteiger partial charge < -0.3 is 10.2 Å². The van der Waals surface area contributed by atoms with Gasteiger partial charge >= 0.3 is 6.03 Å². The standard InChI is InChI=1S/C17H23N3O3/c1-17(2,3)12-7-5-11(6-8-12)10-20(4)14(21)9-13-15(22)19-16(23)18-13/h5-8,13H,9-10H2,1-4H3,(H2,18,19,22,23)/t13-/m1/s1. The lowest BCUT2D eigenvalue weighted by atomic mass is 9.87. The number of amides is 4. The number of hydrogen-bond donors (Lipinski definition) is 2. The van der Waals surface area contributed by atoms with Crippen molar-refractivity contribution in [1.29, 1.82) is 0 Å². The largest absolute Gasteiger partial charge is 0.341 e. The van der Waals surface area contributed by atoms with Gasteiger partial charge in [0.1, 0.15) is 6.04 Å². The van der Waals surface area contributed by atoms with Gasteiger partial charge in [0.25, 0.3) is 5.91 Å². The van der Waals surface area contributed by atoms with E-state index < -0.39 is 18.0 Å². The maximum Gasteiger partial charge on any atom is 0.322 e. The van der Waals surface area contributed by atoms with E-state index in [4.69, 9.17) is 0 Å². The highest BCUT2D eigenvalue weighted by Crippen LogP contribution is 2.22. The summed E-state index contributed by atoms with van der Waals surface area (Å²) in [6.45, 7) is 6.92. The van der Waals surface area contributed by atoms with E-state index in [2.05, 4.69) is 43.5 Å². The van der Waals surface area contributed by atoms with E-state index >= 15 is 0 Å². The minimum absolute atomic E-state index is 0.0336. The lowest BCUT2D eigenvalue weighted by Crippen LogP contribution is -2.36. The molecule has 1 aromatic carbocycles. The van der Waals surface area contributed by atoms with Gasteiger partial charge in [0.05, 0.1) is 6.42 Å². The van der Waals surface area contributed by atoms with Gasteiger partial charge in [0.2, 0.25) is 5.91 Å². The van der Waals surface area contributed by atoms with Crippen molar-refractivity contribution < 1.29 is 14.4 Å². The van der Waals surface area contributed by atoms with Crippen LogP contribution in [0.1, 0.15) is 38.3 Å². The van der Waals surface area contributed by atoms with Crippen LogP contribution in [-0.2, 0) is 21.5 Å². The number of benzene rings is 1. The SMILES string of the molecule is CN(Cc1ccc(C(C)(C)C)cc1)C(=O)C[C@H]1NC(=O)NC1=O. The Bertz CT molecular complexity index is 617. The Morgan fingerprint density at radius 3 is 2.26 bits per heavy atom. The van der Waals surface area contributed by atoms with E-state index in [0.29, 0.717) is 6.54 Å². The number of hydrogen-bond acceptors (Lipinski definition) is 3. The molecule has 0 saturated carbocycles. The third kappa shape index (κ3) is 4.31. The fourth-order valence-corrected chi connectivity index (χ4v) is 2.41. The summed E-state index contributed by atoms with van der Waals surface area (Å²) >= 11 is 0. The number of rotatable bonds is 4. The number of nitrogens with zero attached hydrogens (tertiary/aromatic N) is 1. The Hall–Kier alpha value is -2.37. The van der Waals surface area contributed by atoms with Crippen molar-refractivity contribution in [3.05, 3.63) is 35.4 Å². The second-order valence-electron chi connectivity index (χ2n) is 6.92. The van der Waals surface area contributed by atoms with Gasteiger partial charge in [-0.2, -0.15) is 0 Å². The van der Waals surface area contributed by atoms with E-state index in [0.717, 1.165) is 5.56 Å². The molecule has 1 aromatic rings. The first-order chi connectivity index (χ1) is 10.7. The molecule has 6 heteroatoms. The maximum atomic E-state index is 12.2. The van der Waals surface area contributed by atoms with E-state index in [9.17, 15) is 14.4 Å². The summed E-state index contributed by atoms with van der Waals surface area (Å²) in [5.41, 5.74) is 2.35. The molecule has 124 valence electrons. The van der Waals surface area contributed by atoms with E-state index in [1.165, 1.54) is 5.56 Å². The highest BCUT2D eigenvalue weighted by molar-refractivity contribution is 6.05. The molecule has 0 aliphatic carbocycles. The van der Waals surface area contributed by atoms with Crippen LogP contribution in [0.25, 0.3) is 0 Å². The molecule has 1 aliphatic heterocycles. The third-order valence-electron chi connectivity index (χ3n) is 3.90. The molecule has 1 saturated heterocycles. The monoisotopic (exact) mass is 317 g/mol. The lowest BCUT2D eigenvalue weighted by Gasteiger charge is -2.21. The highest BCUT2D eigenvalue weighted by Gasteiger charge is 2.32. The van der Waals surface area contributed by atoms with Gasteiger partial charge in [-0.3, -0.25) is 14.9 Å². The number of nitrogens with one attached hydrogen (secondary N) is 2. The Morgan fingerprint density at radius 1 is 1.17 bits per heavy atom. The van der Waals surface area contributed by atoms with Gasteiger partial charge in [0.15, 0.2) is 0 Å². The normalized spacial score (nSPS) is 17.7. The van der Waals surface area contributed by atoms with Crippen LogP contribution in [0.15, 0.2) is 24.3 Å². The summed E-state index contributed by atoms with van der Waals surface area (Å²) in [5.74, 6) is -0.640. The predicted molar refractivity (Wildman–Crippen MR) is 86.7 cm³/mol. The molecule has 23 heavy (non-hydrogen) atoms. The van der Waals surface area contributed by atoms with Crippen molar-refractivity contribution in [2.75, 3.05) is 7.05 Å². The van der Waals surface area contributed by atoms with Crippen LogP contribution in [0, 0.1) is 0 Å². The maximum absolute atomic E-state index is 12.2. The Morgan fingerprint density at radius 2 is 1.78 bits per heavy atom. The third-order valence-corrected chi connectivity index (χ3v) is 3.90. The highest BCUT2D eigenvalue weighted by atomic mass is 16.2. The van der Waals surface area contributed by atoms with Crippen LogP contribution in [0.3, 0.4) is 0 Å². The minimum Gasteiger partial charge on any atom is -0.341 e. The molecule has 0 aromatic heterocycles.